The molecule has 0 aliphatic carbocycles. The van der Waals surface area contributed by atoms with Crippen LogP contribution in [0.15, 0.2) is 24.5 Å². The van der Waals surface area contributed by atoms with Crippen LogP contribution in [-0.2, 0) is 9.59 Å². The molecule has 2 heterocycles. The number of H-pyrrole nitrogens is 1. The van der Waals surface area contributed by atoms with Gasteiger partial charge in [-0.3, -0.25) is 9.59 Å². The molecule has 0 atom stereocenters. The summed E-state index contributed by atoms with van der Waals surface area (Å²) in [7, 11) is 0. The second-order valence-corrected chi connectivity index (χ2v) is 4.78. The number of rotatable bonds is 2. The zero-order valence-corrected chi connectivity index (χ0v) is 11.7. The van der Waals surface area contributed by atoms with Crippen molar-refractivity contribution in [3.05, 3.63) is 41.5 Å². The van der Waals surface area contributed by atoms with Crippen LogP contribution >= 0.6 is 0 Å². The highest BCUT2D eigenvalue weighted by Crippen LogP contribution is 2.35. The normalized spacial score (nSPS) is 14.4. The van der Waals surface area contributed by atoms with E-state index in [1.807, 2.05) is 12.8 Å². The van der Waals surface area contributed by atoms with E-state index in [1.54, 1.807) is 30.6 Å². The minimum Gasteiger partial charge on any atom is -0.348 e. The van der Waals surface area contributed by atoms with E-state index < -0.39 is 5.91 Å². The molecule has 0 fully saturated rings. The molecular formula is C16H12N4O2. The Balaban J connectivity index is 2.03. The number of anilines is 2. The van der Waals surface area contributed by atoms with Crippen molar-refractivity contribution in [1.29, 1.82) is 0 Å². The molecule has 6 nitrogen and oxygen atoms in total. The highest BCUT2D eigenvalue weighted by atomic mass is 16.2. The summed E-state index contributed by atoms with van der Waals surface area (Å²) in [5.74, 6) is 1.24. The summed E-state index contributed by atoms with van der Waals surface area (Å²) < 4.78 is 0. The Morgan fingerprint density at radius 3 is 2.95 bits per heavy atom. The van der Waals surface area contributed by atoms with Crippen molar-refractivity contribution in [3.8, 4) is 12.3 Å². The van der Waals surface area contributed by atoms with Gasteiger partial charge in [0.2, 0.25) is 0 Å². The van der Waals surface area contributed by atoms with Crippen molar-refractivity contribution in [2.75, 3.05) is 10.6 Å². The predicted molar refractivity (Wildman–Crippen MR) is 83.7 cm³/mol. The molecule has 3 N–H and O–H groups in total. The minimum atomic E-state index is -0.536. The first-order chi connectivity index (χ1) is 10.6. The molecule has 1 aliphatic rings. The van der Waals surface area contributed by atoms with Crippen LogP contribution in [0.3, 0.4) is 0 Å². The van der Waals surface area contributed by atoms with Crippen LogP contribution in [0.5, 0.6) is 0 Å². The molecule has 0 saturated carbocycles. The Bertz CT molecular complexity index is 855. The zero-order valence-electron chi connectivity index (χ0n) is 11.7. The number of aryl methyl sites for hydroxylation is 1. The molecule has 3 rings (SSSR count). The van der Waals surface area contributed by atoms with Gasteiger partial charge in [0.05, 0.1) is 17.6 Å². The van der Waals surface area contributed by atoms with E-state index in [0.717, 1.165) is 5.69 Å². The first-order valence-corrected chi connectivity index (χ1v) is 6.53. The third kappa shape index (κ3) is 2.36. The summed E-state index contributed by atoms with van der Waals surface area (Å²) in [5.41, 5.74) is 3.96. The Morgan fingerprint density at radius 1 is 1.45 bits per heavy atom. The first-order valence-electron chi connectivity index (χ1n) is 6.53. The summed E-state index contributed by atoms with van der Waals surface area (Å²) in [4.78, 5) is 30.5. The van der Waals surface area contributed by atoms with Crippen molar-refractivity contribution < 1.29 is 9.59 Å². The molecule has 6 heteroatoms. The number of nitrogens with one attached hydrogen (secondary N) is 3. The van der Waals surface area contributed by atoms with E-state index in [4.69, 9.17) is 6.42 Å². The lowest BCUT2D eigenvalue weighted by molar-refractivity contribution is -0.111. The highest BCUT2D eigenvalue weighted by molar-refractivity contribution is 6.35. The van der Waals surface area contributed by atoms with Crippen LogP contribution in [-0.4, -0.2) is 21.8 Å². The van der Waals surface area contributed by atoms with Gasteiger partial charge in [0, 0.05) is 22.6 Å². The number of hydrogen-bond acceptors (Lipinski definition) is 3. The number of nitrogens with zero attached hydrogens (tertiary/aromatic N) is 1. The zero-order chi connectivity index (χ0) is 15.7. The number of carbonyl (C=O) groups excluding carboxylic acids is 2. The van der Waals surface area contributed by atoms with Crippen molar-refractivity contribution >= 4 is 34.8 Å². The third-order valence-corrected chi connectivity index (χ3v) is 3.34. The van der Waals surface area contributed by atoms with E-state index in [0.29, 0.717) is 28.2 Å². The number of aromatic amines is 1. The first kappa shape index (κ1) is 13.6. The summed E-state index contributed by atoms with van der Waals surface area (Å²) in [6, 6.07) is 5.10. The molecule has 0 radical (unpaired) electrons. The van der Waals surface area contributed by atoms with Gasteiger partial charge in [0.15, 0.2) is 0 Å². The molecule has 1 aromatic carbocycles. The van der Waals surface area contributed by atoms with Gasteiger partial charge in [-0.15, -0.1) is 6.42 Å². The Hall–Kier alpha value is -3.33. The maximum absolute atomic E-state index is 12.1. The number of carbonyl (C=O) groups is 2. The lowest BCUT2D eigenvalue weighted by Crippen LogP contribution is -2.07. The van der Waals surface area contributed by atoms with Gasteiger partial charge in [-0.25, -0.2) is 4.98 Å². The van der Waals surface area contributed by atoms with Gasteiger partial charge >= 0.3 is 0 Å². The number of terminal acetylenes is 1. The van der Waals surface area contributed by atoms with Gasteiger partial charge in [-0.1, -0.05) is 0 Å². The second-order valence-electron chi connectivity index (χ2n) is 4.78. The molecule has 2 amide bonds. The highest BCUT2D eigenvalue weighted by Gasteiger charge is 2.25. The Kier molecular flexibility index (Phi) is 3.24. The number of benzene rings is 1. The minimum absolute atomic E-state index is 0.210. The fourth-order valence-corrected chi connectivity index (χ4v) is 2.23. The van der Waals surface area contributed by atoms with Crippen LogP contribution in [0.4, 0.5) is 11.4 Å². The quantitative estimate of drug-likeness (QED) is 0.582. The predicted octanol–water partition coefficient (Wildman–Crippen LogP) is 1.78. The largest absolute Gasteiger partial charge is 0.348 e. The van der Waals surface area contributed by atoms with E-state index in [9.17, 15) is 9.59 Å². The van der Waals surface area contributed by atoms with Crippen molar-refractivity contribution in [1.82, 2.24) is 9.97 Å². The third-order valence-electron chi connectivity index (χ3n) is 3.34. The molecule has 0 saturated heterocycles. The van der Waals surface area contributed by atoms with Gasteiger partial charge < -0.3 is 15.6 Å². The van der Waals surface area contributed by atoms with Crippen LogP contribution in [0.1, 0.15) is 17.0 Å². The molecular weight excluding hydrogens is 280 g/mol. The van der Waals surface area contributed by atoms with Gasteiger partial charge in [0.1, 0.15) is 0 Å². The van der Waals surface area contributed by atoms with Gasteiger partial charge in [-0.05, 0) is 37.1 Å². The lowest BCUT2D eigenvalue weighted by atomic mass is 10.0. The molecule has 1 aromatic heterocycles. The van der Waals surface area contributed by atoms with Crippen LogP contribution in [0.25, 0.3) is 11.6 Å². The molecule has 0 unspecified atom stereocenters. The number of amides is 2. The maximum atomic E-state index is 12.1. The summed E-state index contributed by atoms with van der Waals surface area (Å²) in [6.45, 7) is 1.87. The molecule has 1 aliphatic heterocycles. The standard InChI is InChI=1S/C16H12N4O2/c1-3-15(21)19-10-4-5-13-11(6-10)12(16(22)20-13)7-14-9(2)17-8-18-14/h1,4-8H,2H3,(H,17,18)(H,19,21)(H,20,22)/b12-7-. The molecule has 0 bridgehead atoms. The molecule has 0 spiro atoms. The molecule has 22 heavy (non-hydrogen) atoms. The lowest BCUT2D eigenvalue weighted by Gasteiger charge is -2.04. The number of fused-ring (bicyclic) bond motifs is 1. The van der Waals surface area contributed by atoms with Gasteiger partial charge in [0.25, 0.3) is 11.8 Å². The Morgan fingerprint density at radius 2 is 2.27 bits per heavy atom. The monoisotopic (exact) mass is 292 g/mol. The van der Waals surface area contributed by atoms with Crippen molar-refractivity contribution in [2.24, 2.45) is 0 Å². The molecule has 108 valence electrons. The van der Waals surface area contributed by atoms with Crippen LogP contribution < -0.4 is 10.6 Å². The summed E-state index contributed by atoms with van der Waals surface area (Å²) >= 11 is 0. The van der Waals surface area contributed by atoms with Crippen LogP contribution in [0, 0.1) is 19.3 Å². The summed E-state index contributed by atoms with van der Waals surface area (Å²) in [6.07, 6.45) is 8.31. The average molecular weight is 292 g/mol. The van der Waals surface area contributed by atoms with Crippen molar-refractivity contribution in [3.63, 3.8) is 0 Å². The SMILES string of the molecule is C#CC(=O)Nc1ccc2c(c1)/C(=C/c1nc[nH]c1C)C(=O)N2. The maximum Gasteiger partial charge on any atom is 0.300 e. The van der Waals surface area contributed by atoms with E-state index in [2.05, 4.69) is 20.6 Å². The summed E-state index contributed by atoms with van der Waals surface area (Å²) in [5, 5.41) is 5.34. The fraction of sp³-hybridized carbons (Fsp3) is 0.0625. The fourth-order valence-electron chi connectivity index (χ4n) is 2.23. The number of hydrogen-bond donors (Lipinski definition) is 3. The van der Waals surface area contributed by atoms with Gasteiger partial charge in [-0.2, -0.15) is 0 Å². The number of aromatic nitrogens is 2. The number of imidazole rings is 1. The second kappa shape index (κ2) is 5.22. The van der Waals surface area contributed by atoms with E-state index >= 15 is 0 Å². The smallest absolute Gasteiger partial charge is 0.300 e. The van der Waals surface area contributed by atoms with E-state index in [-0.39, 0.29) is 5.91 Å². The van der Waals surface area contributed by atoms with E-state index in [1.165, 1.54) is 0 Å². The molecule has 2 aromatic rings. The Labute approximate surface area is 126 Å². The van der Waals surface area contributed by atoms with Crippen LogP contribution in [0.2, 0.25) is 0 Å². The average Bonchev–Trinajstić information content (AvgIpc) is 3.04. The van der Waals surface area contributed by atoms with Crippen molar-refractivity contribution in [2.45, 2.75) is 6.92 Å². The topological polar surface area (TPSA) is 86.9 Å².